The molecule has 0 aromatic carbocycles. The van der Waals surface area contributed by atoms with Crippen LogP contribution in [0.25, 0.3) is 0 Å². The van der Waals surface area contributed by atoms with E-state index in [1.165, 1.54) is 50.5 Å². The second-order valence-electron chi connectivity index (χ2n) is 8.51. The molecule has 5 unspecified atom stereocenters. The van der Waals surface area contributed by atoms with Crippen molar-refractivity contribution in [1.82, 2.24) is 0 Å². The zero-order valence-electron chi connectivity index (χ0n) is 15.0. The molecular weight excluding hydrogens is 268 g/mol. The molecule has 1 nitrogen and oxygen atoms in total. The monoisotopic (exact) mass is 302 g/mol. The predicted octanol–water partition coefficient (Wildman–Crippen LogP) is 5.91. The zero-order valence-corrected chi connectivity index (χ0v) is 15.0. The highest BCUT2D eigenvalue weighted by molar-refractivity contribution is 5.28. The number of ether oxygens (including phenoxy) is 1. The van der Waals surface area contributed by atoms with E-state index in [4.69, 9.17) is 4.74 Å². The minimum absolute atomic E-state index is 0.0438. The normalized spacial score (nSPS) is 39.8. The second kappa shape index (κ2) is 6.51. The van der Waals surface area contributed by atoms with E-state index < -0.39 is 0 Å². The van der Waals surface area contributed by atoms with Crippen molar-refractivity contribution in [3.63, 3.8) is 0 Å². The van der Waals surface area contributed by atoms with Gasteiger partial charge in [-0.25, -0.2) is 0 Å². The first kappa shape index (κ1) is 16.3. The first-order valence-corrected chi connectivity index (χ1v) is 9.58. The molecule has 2 aliphatic carbocycles. The first-order chi connectivity index (χ1) is 10.5. The van der Waals surface area contributed by atoms with Crippen LogP contribution >= 0.6 is 0 Å². The quantitative estimate of drug-likeness (QED) is 0.587. The molecule has 0 N–H and O–H groups in total. The van der Waals surface area contributed by atoms with Crippen LogP contribution in [0.15, 0.2) is 23.8 Å². The Balaban J connectivity index is 1.75. The van der Waals surface area contributed by atoms with Crippen LogP contribution in [0.2, 0.25) is 0 Å². The Bertz CT molecular complexity index is 445. The fraction of sp³-hybridized carbons (Fsp3) is 0.810. The van der Waals surface area contributed by atoms with Gasteiger partial charge in [-0.3, -0.25) is 0 Å². The molecule has 1 saturated carbocycles. The lowest BCUT2D eigenvalue weighted by atomic mass is 9.60. The molecule has 1 saturated heterocycles. The maximum atomic E-state index is 6.59. The van der Waals surface area contributed by atoms with E-state index in [1.54, 1.807) is 0 Å². The van der Waals surface area contributed by atoms with E-state index in [0.29, 0.717) is 12.0 Å². The van der Waals surface area contributed by atoms with Crippen LogP contribution < -0.4 is 0 Å². The van der Waals surface area contributed by atoms with Crippen LogP contribution in [-0.4, -0.2) is 11.7 Å². The molecule has 0 amide bonds. The Kier molecular flexibility index (Phi) is 4.83. The molecule has 0 radical (unpaired) electrons. The van der Waals surface area contributed by atoms with Gasteiger partial charge in [0.15, 0.2) is 0 Å². The van der Waals surface area contributed by atoms with Crippen LogP contribution in [0.1, 0.15) is 72.6 Å². The fourth-order valence-corrected chi connectivity index (χ4v) is 5.12. The molecule has 3 rings (SSSR count). The van der Waals surface area contributed by atoms with E-state index in [-0.39, 0.29) is 5.60 Å². The number of hydrogen-bond acceptors (Lipinski definition) is 1. The number of allylic oxidation sites excluding steroid dienone is 2. The van der Waals surface area contributed by atoms with Crippen LogP contribution in [0.3, 0.4) is 0 Å². The average molecular weight is 303 g/mol. The minimum atomic E-state index is 0.0438. The van der Waals surface area contributed by atoms with Gasteiger partial charge in [-0.15, -0.1) is 0 Å². The summed E-state index contributed by atoms with van der Waals surface area (Å²) in [5.74, 6) is 3.07. The summed E-state index contributed by atoms with van der Waals surface area (Å²) < 4.78 is 6.59. The van der Waals surface area contributed by atoms with Crippen molar-refractivity contribution in [2.75, 3.05) is 0 Å². The zero-order chi connectivity index (χ0) is 15.7. The van der Waals surface area contributed by atoms with Gasteiger partial charge in [0.2, 0.25) is 0 Å². The number of rotatable bonds is 4. The summed E-state index contributed by atoms with van der Waals surface area (Å²) in [6.45, 7) is 9.38. The van der Waals surface area contributed by atoms with Gasteiger partial charge in [0.05, 0.1) is 11.7 Å². The summed E-state index contributed by atoms with van der Waals surface area (Å²) in [6.07, 6.45) is 17.0. The molecule has 0 bridgehead atoms. The van der Waals surface area contributed by atoms with Crippen molar-refractivity contribution in [2.45, 2.75) is 84.3 Å². The maximum Gasteiger partial charge on any atom is 0.0834 e. The maximum absolute atomic E-state index is 6.59. The van der Waals surface area contributed by atoms with Crippen LogP contribution in [0.4, 0.5) is 0 Å². The average Bonchev–Trinajstić information content (AvgIpc) is 2.46. The minimum Gasteiger partial charge on any atom is -0.367 e. The molecule has 0 spiro atoms. The summed E-state index contributed by atoms with van der Waals surface area (Å²) >= 11 is 0. The summed E-state index contributed by atoms with van der Waals surface area (Å²) in [5, 5.41) is 0. The van der Waals surface area contributed by atoms with Crippen molar-refractivity contribution < 1.29 is 4.74 Å². The summed E-state index contributed by atoms with van der Waals surface area (Å²) in [6, 6.07) is 0. The molecule has 124 valence electrons. The lowest BCUT2D eigenvalue weighted by Gasteiger charge is -2.54. The Morgan fingerprint density at radius 2 is 2.05 bits per heavy atom. The first-order valence-electron chi connectivity index (χ1n) is 9.58. The van der Waals surface area contributed by atoms with Gasteiger partial charge in [0, 0.05) is 5.92 Å². The summed E-state index contributed by atoms with van der Waals surface area (Å²) in [7, 11) is 0. The Labute approximate surface area is 137 Å². The van der Waals surface area contributed by atoms with E-state index >= 15 is 0 Å². The Morgan fingerprint density at radius 1 is 1.23 bits per heavy atom. The third-order valence-corrected chi connectivity index (χ3v) is 6.35. The Morgan fingerprint density at radius 3 is 2.82 bits per heavy atom. The van der Waals surface area contributed by atoms with Crippen molar-refractivity contribution >= 4 is 0 Å². The van der Waals surface area contributed by atoms with Crippen molar-refractivity contribution in [2.24, 2.45) is 23.7 Å². The number of hydrogen-bond donors (Lipinski definition) is 0. The highest BCUT2D eigenvalue weighted by atomic mass is 16.5. The third-order valence-electron chi connectivity index (χ3n) is 6.35. The fourth-order valence-electron chi connectivity index (χ4n) is 5.12. The molecule has 2 fully saturated rings. The molecule has 3 aliphatic rings. The van der Waals surface area contributed by atoms with E-state index in [0.717, 1.165) is 17.8 Å². The van der Waals surface area contributed by atoms with Crippen molar-refractivity contribution in [3.8, 4) is 0 Å². The van der Waals surface area contributed by atoms with Crippen LogP contribution in [0.5, 0.6) is 0 Å². The predicted molar refractivity (Wildman–Crippen MR) is 93.8 cm³/mol. The SMILES string of the molecule is CCCCCC1=CC2OC(C)(C)C3CCC(C)CC3C2C=C1. The van der Waals surface area contributed by atoms with Gasteiger partial charge in [0.25, 0.3) is 0 Å². The molecule has 0 aromatic rings. The largest absolute Gasteiger partial charge is 0.367 e. The second-order valence-corrected chi connectivity index (χ2v) is 8.51. The van der Waals surface area contributed by atoms with E-state index in [2.05, 4.69) is 45.9 Å². The Hall–Kier alpha value is -0.560. The summed E-state index contributed by atoms with van der Waals surface area (Å²) in [5.41, 5.74) is 1.55. The van der Waals surface area contributed by atoms with Crippen LogP contribution in [0, 0.1) is 23.7 Å². The molecule has 0 aromatic heterocycles. The van der Waals surface area contributed by atoms with Gasteiger partial charge in [-0.2, -0.15) is 0 Å². The van der Waals surface area contributed by atoms with Gasteiger partial charge in [0.1, 0.15) is 0 Å². The molecule has 1 heterocycles. The molecule has 1 heteroatoms. The van der Waals surface area contributed by atoms with Crippen molar-refractivity contribution in [1.29, 1.82) is 0 Å². The van der Waals surface area contributed by atoms with E-state index in [9.17, 15) is 0 Å². The smallest absolute Gasteiger partial charge is 0.0834 e. The molecule has 1 aliphatic heterocycles. The third kappa shape index (κ3) is 3.20. The van der Waals surface area contributed by atoms with Gasteiger partial charge < -0.3 is 4.74 Å². The molecular formula is C21H34O. The van der Waals surface area contributed by atoms with Crippen LogP contribution in [-0.2, 0) is 4.74 Å². The molecule has 22 heavy (non-hydrogen) atoms. The van der Waals surface area contributed by atoms with Crippen molar-refractivity contribution in [3.05, 3.63) is 23.8 Å². The van der Waals surface area contributed by atoms with Gasteiger partial charge in [-0.05, 0) is 62.9 Å². The lowest BCUT2D eigenvalue weighted by molar-refractivity contribution is -0.182. The number of unbranched alkanes of at least 4 members (excludes halogenated alkanes) is 2. The van der Waals surface area contributed by atoms with E-state index in [1.807, 2.05) is 0 Å². The van der Waals surface area contributed by atoms with Gasteiger partial charge >= 0.3 is 0 Å². The lowest BCUT2D eigenvalue weighted by Crippen LogP contribution is -2.54. The summed E-state index contributed by atoms with van der Waals surface area (Å²) in [4.78, 5) is 0. The highest BCUT2D eigenvalue weighted by Gasteiger charge is 2.50. The standard InChI is InChI=1S/C21H34O/c1-5-6-7-8-16-10-11-17-18-13-15(2)9-12-19(18)21(3,4)22-20(17)14-16/h10-11,14-15,17-20H,5-9,12-13H2,1-4H3. The number of fused-ring (bicyclic) bond motifs is 3. The molecule has 5 atom stereocenters. The highest BCUT2D eigenvalue weighted by Crippen LogP contribution is 2.51. The van der Waals surface area contributed by atoms with Gasteiger partial charge in [-0.1, -0.05) is 51.3 Å². The topological polar surface area (TPSA) is 9.23 Å².